The average molecular weight is 392 g/mol. The predicted molar refractivity (Wildman–Crippen MR) is 98.0 cm³/mol. The third-order valence-corrected chi connectivity index (χ3v) is 3.61. The zero-order valence-corrected chi connectivity index (χ0v) is 15.7. The molecule has 0 spiro atoms. The van der Waals surface area contributed by atoms with Gasteiger partial charge in [-0.1, -0.05) is 40.2 Å². The number of rotatable bonds is 5. The van der Waals surface area contributed by atoms with Gasteiger partial charge in [-0.25, -0.2) is 4.79 Å². The molecule has 0 fully saturated rings. The van der Waals surface area contributed by atoms with Gasteiger partial charge in [0.25, 0.3) is 0 Å². The van der Waals surface area contributed by atoms with Crippen LogP contribution in [0.1, 0.15) is 31.9 Å². The molecule has 1 amide bonds. The fourth-order valence-corrected chi connectivity index (χ4v) is 2.20. The topological polar surface area (TPSA) is 47.6 Å². The molecule has 0 bridgehead atoms. The van der Waals surface area contributed by atoms with Crippen LogP contribution in [0.5, 0.6) is 5.75 Å². The lowest BCUT2D eigenvalue weighted by atomic mass is 10.2. The summed E-state index contributed by atoms with van der Waals surface area (Å²) in [6, 6.07) is 15.7. The van der Waals surface area contributed by atoms with E-state index in [0.717, 1.165) is 21.3 Å². The van der Waals surface area contributed by atoms with Crippen LogP contribution in [0.15, 0.2) is 53.0 Å². The molecule has 24 heavy (non-hydrogen) atoms. The summed E-state index contributed by atoms with van der Waals surface area (Å²) in [5.74, 6) is 0.791. The van der Waals surface area contributed by atoms with Gasteiger partial charge in [0.2, 0.25) is 0 Å². The van der Waals surface area contributed by atoms with Crippen molar-refractivity contribution in [2.45, 2.75) is 39.5 Å². The first kappa shape index (κ1) is 18.3. The van der Waals surface area contributed by atoms with Gasteiger partial charge in [0.05, 0.1) is 0 Å². The zero-order chi connectivity index (χ0) is 17.6. The van der Waals surface area contributed by atoms with Gasteiger partial charge >= 0.3 is 6.09 Å². The molecular weight excluding hydrogens is 370 g/mol. The number of carbonyl (C=O) groups excluding carboxylic acids is 1. The van der Waals surface area contributed by atoms with Gasteiger partial charge in [-0.15, -0.1) is 0 Å². The van der Waals surface area contributed by atoms with Crippen molar-refractivity contribution in [1.29, 1.82) is 0 Å². The molecule has 0 aliphatic carbocycles. The van der Waals surface area contributed by atoms with Crippen molar-refractivity contribution in [1.82, 2.24) is 5.32 Å². The molecule has 0 atom stereocenters. The van der Waals surface area contributed by atoms with Crippen molar-refractivity contribution in [3.05, 3.63) is 64.1 Å². The normalized spacial score (nSPS) is 11.0. The fourth-order valence-electron chi connectivity index (χ4n) is 1.94. The number of ether oxygens (including phenoxy) is 2. The first-order chi connectivity index (χ1) is 11.3. The number of amides is 1. The van der Waals surface area contributed by atoms with Crippen molar-refractivity contribution < 1.29 is 14.3 Å². The van der Waals surface area contributed by atoms with Crippen LogP contribution in [-0.4, -0.2) is 11.7 Å². The van der Waals surface area contributed by atoms with Crippen LogP contribution in [0.3, 0.4) is 0 Å². The van der Waals surface area contributed by atoms with Gasteiger partial charge in [-0.3, -0.25) is 0 Å². The summed E-state index contributed by atoms with van der Waals surface area (Å²) in [7, 11) is 0. The third kappa shape index (κ3) is 6.62. The summed E-state index contributed by atoms with van der Waals surface area (Å²) in [6.07, 6.45) is -0.418. The predicted octanol–water partition coefficient (Wildman–Crippen LogP) is 5.05. The monoisotopic (exact) mass is 391 g/mol. The van der Waals surface area contributed by atoms with Crippen molar-refractivity contribution in [3.63, 3.8) is 0 Å². The van der Waals surface area contributed by atoms with Gasteiger partial charge in [0.15, 0.2) is 0 Å². The maximum atomic E-state index is 11.6. The Morgan fingerprint density at radius 3 is 2.17 bits per heavy atom. The van der Waals surface area contributed by atoms with Crippen LogP contribution in [-0.2, 0) is 17.9 Å². The van der Waals surface area contributed by atoms with Crippen molar-refractivity contribution in [3.8, 4) is 5.75 Å². The highest BCUT2D eigenvalue weighted by Gasteiger charge is 2.15. The van der Waals surface area contributed by atoms with Crippen LogP contribution in [0.25, 0.3) is 0 Å². The molecule has 0 aliphatic heterocycles. The molecule has 2 rings (SSSR count). The van der Waals surface area contributed by atoms with Crippen molar-refractivity contribution >= 4 is 22.0 Å². The molecule has 2 aromatic rings. The second-order valence-electron chi connectivity index (χ2n) is 6.41. The number of halogens is 1. The van der Waals surface area contributed by atoms with E-state index in [1.54, 1.807) is 0 Å². The lowest BCUT2D eigenvalue weighted by Crippen LogP contribution is -2.32. The third-order valence-electron chi connectivity index (χ3n) is 3.08. The Labute approximate surface area is 151 Å². The Kier molecular flexibility index (Phi) is 6.26. The summed E-state index contributed by atoms with van der Waals surface area (Å²) in [5, 5.41) is 2.73. The van der Waals surface area contributed by atoms with E-state index in [9.17, 15) is 4.79 Å². The van der Waals surface area contributed by atoms with Crippen LogP contribution in [0, 0.1) is 0 Å². The molecule has 128 valence electrons. The van der Waals surface area contributed by atoms with E-state index in [2.05, 4.69) is 21.2 Å². The largest absolute Gasteiger partial charge is 0.489 e. The quantitative estimate of drug-likeness (QED) is 0.775. The van der Waals surface area contributed by atoms with Crippen LogP contribution in [0.4, 0.5) is 4.79 Å². The molecule has 1 N–H and O–H groups in total. The molecule has 0 aromatic heterocycles. The Balaban J connectivity index is 1.80. The lowest BCUT2D eigenvalue weighted by molar-refractivity contribution is 0.0523. The van der Waals surface area contributed by atoms with E-state index in [1.165, 1.54) is 0 Å². The summed E-state index contributed by atoms with van der Waals surface area (Å²) >= 11 is 3.41. The molecule has 5 heteroatoms. The Morgan fingerprint density at radius 2 is 1.58 bits per heavy atom. The number of hydrogen-bond donors (Lipinski definition) is 1. The lowest BCUT2D eigenvalue weighted by Gasteiger charge is -2.19. The molecule has 0 unspecified atom stereocenters. The maximum absolute atomic E-state index is 11.6. The first-order valence-corrected chi connectivity index (χ1v) is 8.54. The number of hydrogen-bond acceptors (Lipinski definition) is 3. The molecule has 4 nitrogen and oxygen atoms in total. The van der Waals surface area contributed by atoms with Gasteiger partial charge < -0.3 is 14.8 Å². The van der Waals surface area contributed by atoms with Crippen molar-refractivity contribution in [2.24, 2.45) is 0 Å². The van der Waals surface area contributed by atoms with Crippen molar-refractivity contribution in [2.75, 3.05) is 0 Å². The van der Waals surface area contributed by atoms with Gasteiger partial charge in [-0.2, -0.15) is 0 Å². The number of benzene rings is 2. The molecule has 0 aliphatic rings. The smallest absolute Gasteiger partial charge is 0.407 e. The van der Waals surface area contributed by atoms with E-state index < -0.39 is 11.7 Å². The van der Waals surface area contributed by atoms with E-state index in [1.807, 2.05) is 69.3 Å². The van der Waals surface area contributed by atoms with Crippen LogP contribution >= 0.6 is 15.9 Å². The maximum Gasteiger partial charge on any atom is 0.407 e. The Bertz CT molecular complexity index is 661. The summed E-state index contributed by atoms with van der Waals surface area (Å²) in [4.78, 5) is 11.6. The average Bonchev–Trinajstić information content (AvgIpc) is 2.52. The highest BCUT2D eigenvalue weighted by molar-refractivity contribution is 9.10. The van der Waals surface area contributed by atoms with E-state index in [4.69, 9.17) is 9.47 Å². The highest BCUT2D eigenvalue weighted by Crippen LogP contribution is 2.16. The molecule has 0 heterocycles. The SMILES string of the molecule is CC(C)(C)OC(=O)NCc1ccc(OCc2ccc(Br)cc2)cc1. The Hall–Kier alpha value is -2.01. The molecule has 0 saturated heterocycles. The number of alkyl carbamates (subject to hydrolysis) is 1. The molecule has 2 aromatic carbocycles. The van der Waals surface area contributed by atoms with Gasteiger partial charge in [0.1, 0.15) is 18.0 Å². The minimum absolute atomic E-state index is 0.418. The number of nitrogens with one attached hydrogen (secondary N) is 1. The summed E-state index contributed by atoms with van der Waals surface area (Å²) in [6.45, 7) is 6.45. The summed E-state index contributed by atoms with van der Waals surface area (Å²) in [5.41, 5.74) is 1.60. The second-order valence-corrected chi connectivity index (χ2v) is 7.33. The first-order valence-electron chi connectivity index (χ1n) is 7.75. The van der Waals surface area contributed by atoms with E-state index >= 15 is 0 Å². The summed E-state index contributed by atoms with van der Waals surface area (Å²) < 4.78 is 12.0. The minimum Gasteiger partial charge on any atom is -0.489 e. The van der Waals surface area contributed by atoms with Gasteiger partial charge in [0, 0.05) is 11.0 Å². The van der Waals surface area contributed by atoms with Crippen LogP contribution < -0.4 is 10.1 Å². The molecule has 0 saturated carbocycles. The van der Waals surface area contributed by atoms with E-state index in [-0.39, 0.29) is 0 Å². The number of carbonyl (C=O) groups is 1. The molecular formula is C19H22BrNO3. The van der Waals surface area contributed by atoms with E-state index in [0.29, 0.717) is 13.2 Å². The highest BCUT2D eigenvalue weighted by atomic mass is 79.9. The molecule has 0 radical (unpaired) electrons. The minimum atomic E-state index is -0.491. The fraction of sp³-hybridized carbons (Fsp3) is 0.316. The second kappa shape index (κ2) is 8.20. The van der Waals surface area contributed by atoms with Gasteiger partial charge in [-0.05, 0) is 56.2 Å². The van der Waals surface area contributed by atoms with Crippen LogP contribution in [0.2, 0.25) is 0 Å². The Morgan fingerprint density at radius 1 is 1.00 bits per heavy atom. The zero-order valence-electron chi connectivity index (χ0n) is 14.1. The standard InChI is InChI=1S/C19H22BrNO3/c1-19(2,3)24-18(22)21-12-14-6-10-17(11-7-14)23-13-15-4-8-16(20)9-5-15/h4-11H,12-13H2,1-3H3,(H,21,22).